The normalized spacial score (nSPS) is 15.4. The number of benzene rings is 3. The number of piperazine rings is 1. The Kier molecular flexibility index (Phi) is 6.93. The van der Waals surface area contributed by atoms with Crippen molar-refractivity contribution in [3.63, 3.8) is 0 Å². The molecule has 12 heteroatoms. The van der Waals surface area contributed by atoms with Crippen molar-refractivity contribution in [2.75, 3.05) is 26.2 Å². The molecular weight excluding hydrogens is 508 g/mol. The summed E-state index contributed by atoms with van der Waals surface area (Å²) in [4.78, 5) is 12.7. The number of sulfonamides is 1. The predicted molar refractivity (Wildman–Crippen MR) is 142 cm³/mol. The van der Waals surface area contributed by atoms with Gasteiger partial charge in [0.1, 0.15) is 10.6 Å². The monoisotopic (exact) mass is 534 g/mol. The number of aromatic nitrogens is 1. The molecule has 0 aliphatic carbocycles. The second kappa shape index (κ2) is 10.3. The third-order valence-electron chi connectivity index (χ3n) is 6.66. The van der Waals surface area contributed by atoms with Crippen molar-refractivity contribution < 1.29 is 18.4 Å². The zero-order valence-corrected chi connectivity index (χ0v) is 21.5. The van der Waals surface area contributed by atoms with Crippen molar-refractivity contribution in [2.45, 2.75) is 11.4 Å². The van der Waals surface area contributed by atoms with Crippen LogP contribution >= 0.6 is 0 Å². The average molecular weight is 535 g/mol. The van der Waals surface area contributed by atoms with Gasteiger partial charge in [0.2, 0.25) is 15.9 Å². The molecule has 196 valence electrons. The molecule has 11 nitrogen and oxygen atoms in total. The predicted octanol–water partition coefficient (Wildman–Crippen LogP) is 4.71. The van der Waals surface area contributed by atoms with E-state index in [0.717, 1.165) is 17.1 Å². The van der Waals surface area contributed by atoms with Crippen LogP contribution in [0.5, 0.6) is 5.88 Å². The highest BCUT2D eigenvalue weighted by molar-refractivity contribution is 7.89. The van der Waals surface area contributed by atoms with Gasteiger partial charge in [0.05, 0.1) is 10.4 Å². The number of aromatic hydroxyl groups is 1. The van der Waals surface area contributed by atoms with Crippen LogP contribution in [0.25, 0.3) is 10.9 Å². The first-order chi connectivity index (χ1) is 18.3. The Labute approximate surface area is 219 Å². The minimum atomic E-state index is -4.12. The largest absolute Gasteiger partial charge is 0.493 e. The molecule has 0 bridgehead atoms. The summed E-state index contributed by atoms with van der Waals surface area (Å²) < 4.78 is 30.2. The molecule has 1 N–H and O–H groups in total. The second-order valence-corrected chi connectivity index (χ2v) is 10.9. The molecule has 5 rings (SSSR count). The van der Waals surface area contributed by atoms with Crippen LogP contribution < -0.4 is 0 Å². The van der Waals surface area contributed by atoms with Crippen LogP contribution in [0.1, 0.15) is 5.56 Å². The van der Waals surface area contributed by atoms with Crippen molar-refractivity contribution >= 4 is 38.0 Å². The van der Waals surface area contributed by atoms with E-state index in [1.165, 1.54) is 16.4 Å². The quantitative estimate of drug-likeness (QED) is 0.207. The number of aryl methyl sites for hydroxylation is 1. The Morgan fingerprint density at radius 2 is 1.63 bits per heavy atom. The zero-order chi connectivity index (χ0) is 26.9. The number of fused-ring (bicyclic) bond motifs is 1. The van der Waals surface area contributed by atoms with Crippen molar-refractivity contribution in [3.8, 4) is 5.88 Å². The van der Waals surface area contributed by atoms with Gasteiger partial charge in [0, 0.05) is 57.3 Å². The number of nitro groups is 1. The maximum Gasteiger partial charge on any atom is 0.270 e. The van der Waals surface area contributed by atoms with Crippen LogP contribution in [-0.2, 0) is 23.6 Å². The van der Waals surface area contributed by atoms with E-state index in [2.05, 4.69) is 15.1 Å². The van der Waals surface area contributed by atoms with Crippen molar-refractivity contribution in [1.82, 2.24) is 13.8 Å². The first-order valence-corrected chi connectivity index (χ1v) is 13.4. The molecule has 3 aromatic carbocycles. The van der Waals surface area contributed by atoms with Gasteiger partial charge in [-0.15, -0.1) is 10.2 Å². The van der Waals surface area contributed by atoms with Crippen molar-refractivity contribution in [3.05, 3.63) is 88.5 Å². The summed E-state index contributed by atoms with van der Waals surface area (Å²) in [6.07, 6.45) is 0. The first-order valence-electron chi connectivity index (χ1n) is 12.0. The lowest BCUT2D eigenvalue weighted by Gasteiger charge is -2.34. The fourth-order valence-electron chi connectivity index (χ4n) is 4.58. The summed E-state index contributed by atoms with van der Waals surface area (Å²) in [5.74, 6) is -0.129. The minimum absolute atomic E-state index is 0.0466. The molecule has 0 amide bonds. The molecule has 0 spiro atoms. The number of nitro benzene ring substituents is 1. The van der Waals surface area contributed by atoms with Gasteiger partial charge in [0.25, 0.3) is 5.69 Å². The number of para-hydroxylation sites is 1. The van der Waals surface area contributed by atoms with E-state index in [1.807, 2.05) is 42.5 Å². The Hall–Kier alpha value is -4.13. The molecule has 1 saturated heterocycles. The van der Waals surface area contributed by atoms with E-state index in [4.69, 9.17) is 0 Å². The molecular formula is C26H26N6O5S. The van der Waals surface area contributed by atoms with Gasteiger partial charge in [-0.1, -0.05) is 48.5 Å². The smallest absolute Gasteiger partial charge is 0.270 e. The fraction of sp³-hybridized carbons (Fsp3) is 0.231. The highest BCUT2D eigenvalue weighted by atomic mass is 32.2. The number of nitrogens with zero attached hydrogens (tertiary/aromatic N) is 6. The van der Waals surface area contributed by atoms with E-state index in [9.17, 15) is 23.6 Å². The van der Waals surface area contributed by atoms with Crippen LogP contribution in [0.3, 0.4) is 0 Å². The van der Waals surface area contributed by atoms with Crippen LogP contribution in [-0.4, -0.2) is 58.4 Å². The molecule has 38 heavy (non-hydrogen) atoms. The maximum atomic E-state index is 13.7. The molecule has 0 saturated carbocycles. The Morgan fingerprint density at radius 1 is 0.947 bits per heavy atom. The Bertz CT molecular complexity index is 1630. The summed E-state index contributed by atoms with van der Waals surface area (Å²) >= 11 is 0. The molecule has 1 aliphatic heterocycles. The molecule has 2 heterocycles. The highest BCUT2D eigenvalue weighted by Crippen LogP contribution is 2.40. The SMILES string of the molecule is Cn1c(O)c(N=Nc2ccc([N+](=O)[O-])cc2S(=O)(=O)N2CCN(Cc3ccccc3)CC2)c2ccccc21. The zero-order valence-electron chi connectivity index (χ0n) is 20.6. The maximum absolute atomic E-state index is 13.7. The van der Waals surface area contributed by atoms with Gasteiger partial charge >= 0.3 is 0 Å². The van der Waals surface area contributed by atoms with Crippen LogP contribution in [0.4, 0.5) is 17.1 Å². The topological polar surface area (TPSA) is 134 Å². The summed E-state index contributed by atoms with van der Waals surface area (Å²) in [7, 11) is -2.44. The molecule has 1 aliphatic rings. The number of non-ortho nitro benzene ring substituents is 1. The van der Waals surface area contributed by atoms with E-state index < -0.39 is 14.9 Å². The van der Waals surface area contributed by atoms with Gasteiger partial charge in [-0.05, 0) is 17.7 Å². The van der Waals surface area contributed by atoms with Crippen LogP contribution in [0.15, 0.2) is 87.9 Å². The van der Waals surface area contributed by atoms with Crippen LogP contribution in [0, 0.1) is 10.1 Å². The molecule has 0 atom stereocenters. The lowest BCUT2D eigenvalue weighted by Crippen LogP contribution is -2.48. The summed E-state index contributed by atoms with van der Waals surface area (Å²) in [6.45, 7) is 2.21. The first kappa shape index (κ1) is 25.5. The van der Waals surface area contributed by atoms with Crippen molar-refractivity contribution in [2.24, 2.45) is 17.3 Å². The lowest BCUT2D eigenvalue weighted by molar-refractivity contribution is -0.385. The van der Waals surface area contributed by atoms with E-state index >= 15 is 0 Å². The molecule has 1 aromatic heterocycles. The Morgan fingerprint density at radius 3 is 2.34 bits per heavy atom. The van der Waals surface area contributed by atoms with Crippen LogP contribution in [0.2, 0.25) is 0 Å². The number of hydrogen-bond acceptors (Lipinski definition) is 8. The van der Waals surface area contributed by atoms with Gasteiger partial charge < -0.3 is 9.67 Å². The fourth-order valence-corrected chi connectivity index (χ4v) is 6.14. The molecule has 0 unspecified atom stereocenters. The highest BCUT2D eigenvalue weighted by Gasteiger charge is 2.32. The second-order valence-electron chi connectivity index (χ2n) is 9.02. The number of hydrogen-bond donors (Lipinski definition) is 1. The molecule has 0 radical (unpaired) electrons. The number of azo groups is 1. The molecule has 1 fully saturated rings. The molecule has 4 aromatic rings. The third-order valence-corrected chi connectivity index (χ3v) is 8.59. The summed E-state index contributed by atoms with van der Waals surface area (Å²) in [5.41, 5.74) is 1.64. The average Bonchev–Trinajstić information content (AvgIpc) is 3.17. The van der Waals surface area contributed by atoms with Gasteiger partial charge in [-0.25, -0.2) is 8.42 Å². The Balaban J connectivity index is 1.44. The minimum Gasteiger partial charge on any atom is -0.493 e. The third kappa shape index (κ3) is 4.88. The number of rotatable bonds is 7. The van der Waals surface area contributed by atoms with E-state index in [-0.39, 0.29) is 40.9 Å². The van der Waals surface area contributed by atoms with Crippen molar-refractivity contribution in [1.29, 1.82) is 0 Å². The van der Waals surface area contributed by atoms with Gasteiger partial charge in [-0.2, -0.15) is 4.31 Å². The summed E-state index contributed by atoms with van der Waals surface area (Å²) in [6, 6.07) is 20.6. The van der Waals surface area contributed by atoms with Gasteiger partial charge in [-0.3, -0.25) is 15.0 Å². The van der Waals surface area contributed by atoms with E-state index in [1.54, 1.807) is 23.7 Å². The van der Waals surface area contributed by atoms with Gasteiger partial charge in [0.15, 0.2) is 5.69 Å². The lowest BCUT2D eigenvalue weighted by atomic mass is 10.2. The standard InChI is InChI=1S/C26H26N6O5S/c1-29-23-10-6-5-9-21(23)25(26(29)33)28-27-22-12-11-20(32(34)35)17-24(22)38(36,37)31-15-13-30(14-16-31)18-19-7-3-2-4-8-19/h2-12,17,33H,13-16,18H2,1H3. The summed E-state index contributed by atoms with van der Waals surface area (Å²) in [5, 5.41) is 31.0. The van der Waals surface area contributed by atoms with E-state index in [0.29, 0.717) is 25.0 Å².